The largest absolute Gasteiger partial charge is 0.467 e. The first kappa shape index (κ1) is 12.8. The molecule has 1 heterocycles. The fourth-order valence-corrected chi connectivity index (χ4v) is 2.04. The Labute approximate surface area is 105 Å². The zero-order chi connectivity index (χ0) is 13.0. The number of esters is 1. The topological polar surface area (TPSA) is 47.6 Å². The van der Waals surface area contributed by atoms with Crippen LogP contribution in [0, 0.1) is 11.7 Å². The lowest BCUT2D eigenvalue weighted by atomic mass is 9.99. The van der Waals surface area contributed by atoms with Gasteiger partial charge in [0.05, 0.1) is 13.7 Å². The monoisotopic (exact) mass is 253 g/mol. The summed E-state index contributed by atoms with van der Waals surface area (Å²) in [6, 6.07) is 5.44. The molecule has 1 N–H and O–H groups in total. The highest BCUT2D eigenvalue weighted by Crippen LogP contribution is 2.21. The van der Waals surface area contributed by atoms with Crippen LogP contribution in [0.5, 0.6) is 0 Å². The summed E-state index contributed by atoms with van der Waals surface area (Å²) in [4.78, 5) is 11.8. The second kappa shape index (κ2) is 5.82. The van der Waals surface area contributed by atoms with Gasteiger partial charge in [-0.15, -0.1) is 0 Å². The van der Waals surface area contributed by atoms with Crippen molar-refractivity contribution in [1.82, 2.24) is 0 Å². The van der Waals surface area contributed by atoms with Crippen molar-refractivity contribution in [3.05, 3.63) is 30.1 Å². The number of nitrogens with one attached hydrogen (secondary N) is 1. The quantitative estimate of drug-likeness (QED) is 0.831. The van der Waals surface area contributed by atoms with Crippen molar-refractivity contribution in [1.29, 1.82) is 0 Å². The zero-order valence-electron chi connectivity index (χ0n) is 10.2. The van der Waals surface area contributed by atoms with Crippen LogP contribution in [0.2, 0.25) is 0 Å². The third-order valence-corrected chi connectivity index (χ3v) is 3.06. The lowest BCUT2D eigenvalue weighted by Gasteiger charge is -2.22. The summed E-state index contributed by atoms with van der Waals surface area (Å²) < 4.78 is 22.9. The van der Waals surface area contributed by atoms with E-state index >= 15 is 0 Å². The van der Waals surface area contributed by atoms with Gasteiger partial charge in [0.2, 0.25) is 0 Å². The molecule has 98 valence electrons. The summed E-state index contributed by atoms with van der Waals surface area (Å²) in [7, 11) is 1.36. The Kier molecular flexibility index (Phi) is 4.15. The molecule has 1 aromatic rings. The van der Waals surface area contributed by atoms with Gasteiger partial charge in [-0.25, -0.2) is 9.18 Å². The van der Waals surface area contributed by atoms with Gasteiger partial charge in [-0.3, -0.25) is 0 Å². The van der Waals surface area contributed by atoms with Crippen molar-refractivity contribution in [3.63, 3.8) is 0 Å². The first-order valence-corrected chi connectivity index (χ1v) is 5.88. The fraction of sp³-hybridized carbons (Fsp3) is 0.462. The van der Waals surface area contributed by atoms with Gasteiger partial charge in [0, 0.05) is 18.2 Å². The first-order valence-electron chi connectivity index (χ1n) is 5.88. The van der Waals surface area contributed by atoms with E-state index in [1.54, 1.807) is 12.1 Å². The van der Waals surface area contributed by atoms with Gasteiger partial charge < -0.3 is 14.8 Å². The lowest BCUT2D eigenvalue weighted by molar-refractivity contribution is -0.142. The van der Waals surface area contributed by atoms with Crippen LogP contribution in [0.15, 0.2) is 24.3 Å². The van der Waals surface area contributed by atoms with Crippen molar-refractivity contribution in [2.24, 2.45) is 5.92 Å². The number of rotatable bonds is 4. The number of ether oxygens (including phenoxy) is 2. The minimum Gasteiger partial charge on any atom is -0.467 e. The molecular weight excluding hydrogens is 237 g/mol. The second-order valence-electron chi connectivity index (χ2n) is 4.28. The SMILES string of the molecule is COC(=O)C(Nc1ccc(F)cc1)C1CCOC1. The summed E-state index contributed by atoms with van der Waals surface area (Å²) in [5, 5.41) is 3.08. The normalized spacial score (nSPS) is 20.4. The van der Waals surface area contributed by atoms with Gasteiger partial charge in [0.1, 0.15) is 11.9 Å². The predicted octanol–water partition coefficient (Wildman–Crippen LogP) is 1.82. The smallest absolute Gasteiger partial charge is 0.328 e. The summed E-state index contributed by atoms with van der Waals surface area (Å²) in [6.45, 7) is 1.19. The Hall–Kier alpha value is -1.62. The minimum absolute atomic E-state index is 0.0857. The molecule has 0 aromatic heterocycles. The Balaban J connectivity index is 2.09. The van der Waals surface area contributed by atoms with E-state index in [1.165, 1.54) is 19.2 Å². The van der Waals surface area contributed by atoms with Crippen LogP contribution in [-0.2, 0) is 14.3 Å². The van der Waals surface area contributed by atoms with E-state index in [1.807, 2.05) is 0 Å². The summed E-state index contributed by atoms with van der Waals surface area (Å²) in [6.07, 6.45) is 0.813. The highest BCUT2D eigenvalue weighted by atomic mass is 19.1. The van der Waals surface area contributed by atoms with Gasteiger partial charge in [-0.05, 0) is 30.7 Å². The van der Waals surface area contributed by atoms with Crippen LogP contribution in [0.4, 0.5) is 10.1 Å². The van der Waals surface area contributed by atoms with Crippen molar-refractivity contribution in [2.45, 2.75) is 12.5 Å². The highest BCUT2D eigenvalue weighted by Gasteiger charge is 2.32. The second-order valence-corrected chi connectivity index (χ2v) is 4.28. The van der Waals surface area contributed by atoms with Crippen LogP contribution in [0.1, 0.15) is 6.42 Å². The van der Waals surface area contributed by atoms with E-state index in [0.717, 1.165) is 6.42 Å². The Morgan fingerprint density at radius 3 is 2.78 bits per heavy atom. The molecular formula is C13H16FNO3. The predicted molar refractivity (Wildman–Crippen MR) is 64.8 cm³/mol. The molecule has 0 aliphatic carbocycles. The van der Waals surface area contributed by atoms with Crippen LogP contribution in [-0.4, -0.2) is 32.3 Å². The zero-order valence-corrected chi connectivity index (χ0v) is 10.2. The molecule has 4 nitrogen and oxygen atoms in total. The molecule has 1 saturated heterocycles. The highest BCUT2D eigenvalue weighted by molar-refractivity contribution is 5.79. The van der Waals surface area contributed by atoms with Gasteiger partial charge in [0.25, 0.3) is 0 Å². The Morgan fingerprint density at radius 2 is 2.22 bits per heavy atom. The number of hydrogen-bond donors (Lipinski definition) is 1. The van der Waals surface area contributed by atoms with Crippen LogP contribution in [0.25, 0.3) is 0 Å². The van der Waals surface area contributed by atoms with E-state index in [-0.39, 0.29) is 17.7 Å². The number of benzene rings is 1. The fourth-order valence-electron chi connectivity index (χ4n) is 2.04. The van der Waals surface area contributed by atoms with Crippen molar-refractivity contribution >= 4 is 11.7 Å². The lowest BCUT2D eigenvalue weighted by Crippen LogP contribution is -2.38. The number of carbonyl (C=O) groups excluding carboxylic acids is 1. The van der Waals surface area contributed by atoms with Crippen molar-refractivity contribution in [3.8, 4) is 0 Å². The van der Waals surface area contributed by atoms with Crippen LogP contribution >= 0.6 is 0 Å². The van der Waals surface area contributed by atoms with Gasteiger partial charge in [-0.2, -0.15) is 0 Å². The molecule has 18 heavy (non-hydrogen) atoms. The molecule has 2 unspecified atom stereocenters. The molecule has 1 aliphatic heterocycles. The molecule has 0 saturated carbocycles. The first-order chi connectivity index (χ1) is 8.70. The average molecular weight is 253 g/mol. The van der Waals surface area contributed by atoms with E-state index in [9.17, 15) is 9.18 Å². The number of anilines is 1. The molecule has 1 fully saturated rings. The standard InChI is InChI=1S/C13H16FNO3/c1-17-13(16)12(9-6-7-18-8-9)15-11-4-2-10(14)3-5-11/h2-5,9,12,15H,6-8H2,1H3. The molecule has 2 atom stereocenters. The van der Waals surface area contributed by atoms with E-state index in [2.05, 4.69) is 5.32 Å². The van der Waals surface area contributed by atoms with Crippen LogP contribution < -0.4 is 5.32 Å². The molecule has 0 bridgehead atoms. The third kappa shape index (κ3) is 2.98. The maximum Gasteiger partial charge on any atom is 0.328 e. The van der Waals surface area contributed by atoms with Crippen molar-refractivity contribution in [2.75, 3.05) is 25.6 Å². The third-order valence-electron chi connectivity index (χ3n) is 3.06. The van der Waals surface area contributed by atoms with E-state index in [4.69, 9.17) is 9.47 Å². The summed E-state index contributed by atoms with van der Waals surface area (Å²) >= 11 is 0. The average Bonchev–Trinajstić information content (AvgIpc) is 2.91. The number of hydrogen-bond acceptors (Lipinski definition) is 4. The van der Waals surface area contributed by atoms with Gasteiger partial charge >= 0.3 is 5.97 Å². The molecule has 1 aliphatic rings. The van der Waals surface area contributed by atoms with Gasteiger partial charge in [-0.1, -0.05) is 0 Å². The van der Waals surface area contributed by atoms with Crippen molar-refractivity contribution < 1.29 is 18.7 Å². The molecule has 2 rings (SSSR count). The Morgan fingerprint density at radius 1 is 1.50 bits per heavy atom. The summed E-state index contributed by atoms with van der Waals surface area (Å²) in [5.41, 5.74) is 0.693. The maximum absolute atomic E-state index is 12.8. The van der Waals surface area contributed by atoms with Gasteiger partial charge in [0.15, 0.2) is 0 Å². The van der Waals surface area contributed by atoms with E-state index in [0.29, 0.717) is 18.9 Å². The molecule has 0 radical (unpaired) electrons. The molecule has 1 aromatic carbocycles. The molecule has 0 spiro atoms. The number of methoxy groups -OCH3 is 1. The molecule has 5 heteroatoms. The van der Waals surface area contributed by atoms with Crippen LogP contribution in [0.3, 0.4) is 0 Å². The minimum atomic E-state index is -0.456. The summed E-state index contributed by atoms with van der Waals surface area (Å²) in [5.74, 6) is -0.545. The van der Waals surface area contributed by atoms with E-state index < -0.39 is 6.04 Å². The number of halogens is 1. The number of carbonyl (C=O) groups is 1. The molecule has 0 amide bonds. The maximum atomic E-state index is 12.8. The Bertz CT molecular complexity index is 401.